The zero-order chi connectivity index (χ0) is 21.1. The zero-order valence-electron chi connectivity index (χ0n) is 16.3. The molecular formula is C21H22ClNO5S. The number of likely N-dealkylation sites (tertiary alicyclic amines) is 1. The fraction of sp³-hybridized carbons (Fsp3) is 0.333. The lowest BCUT2D eigenvalue weighted by Gasteiger charge is -2.24. The van der Waals surface area contributed by atoms with Crippen molar-refractivity contribution in [1.29, 1.82) is 0 Å². The summed E-state index contributed by atoms with van der Waals surface area (Å²) in [7, 11) is 1.49. The van der Waals surface area contributed by atoms with Crippen molar-refractivity contribution in [3.05, 3.63) is 56.7 Å². The Labute approximate surface area is 178 Å². The molecule has 1 aromatic carbocycles. The smallest absolute Gasteiger partial charge is 0.295 e. The van der Waals surface area contributed by atoms with E-state index < -0.39 is 17.7 Å². The van der Waals surface area contributed by atoms with E-state index in [4.69, 9.17) is 21.1 Å². The molecule has 6 nitrogen and oxygen atoms in total. The first-order valence-corrected chi connectivity index (χ1v) is 10.4. The van der Waals surface area contributed by atoms with Gasteiger partial charge in [0.15, 0.2) is 0 Å². The number of benzene rings is 1. The first-order chi connectivity index (χ1) is 13.8. The second-order valence-corrected chi connectivity index (χ2v) is 8.16. The Morgan fingerprint density at radius 2 is 2.07 bits per heavy atom. The topological polar surface area (TPSA) is 76.1 Å². The molecule has 0 radical (unpaired) electrons. The number of carbonyl (C=O) groups excluding carboxylic acids is 2. The maximum absolute atomic E-state index is 12.8. The third kappa shape index (κ3) is 4.32. The van der Waals surface area contributed by atoms with Crippen molar-refractivity contribution in [1.82, 2.24) is 4.90 Å². The van der Waals surface area contributed by atoms with E-state index in [9.17, 15) is 14.7 Å². The molecule has 1 aliphatic rings. The first kappa shape index (κ1) is 21.4. The number of thiophene rings is 1. The van der Waals surface area contributed by atoms with E-state index >= 15 is 0 Å². The summed E-state index contributed by atoms with van der Waals surface area (Å²) in [5.74, 6) is -1.20. The molecule has 1 fully saturated rings. The molecule has 1 N–H and O–H groups in total. The minimum atomic E-state index is -0.725. The van der Waals surface area contributed by atoms with E-state index in [1.807, 2.05) is 31.4 Å². The van der Waals surface area contributed by atoms with E-state index in [1.165, 1.54) is 29.4 Å². The fourth-order valence-electron chi connectivity index (χ4n) is 3.21. The summed E-state index contributed by atoms with van der Waals surface area (Å²) < 4.78 is 10.7. The largest absolute Gasteiger partial charge is 0.507 e. The van der Waals surface area contributed by atoms with Crippen molar-refractivity contribution >= 4 is 40.4 Å². The molecule has 1 unspecified atom stereocenters. The predicted octanol–water partition coefficient (Wildman–Crippen LogP) is 4.26. The van der Waals surface area contributed by atoms with Crippen LogP contribution >= 0.6 is 22.9 Å². The van der Waals surface area contributed by atoms with Crippen LogP contribution in [0.15, 0.2) is 41.3 Å². The molecule has 0 aliphatic carbocycles. The third-order valence-corrected chi connectivity index (χ3v) is 5.78. The minimum Gasteiger partial charge on any atom is -0.507 e. The molecule has 1 aromatic heterocycles. The van der Waals surface area contributed by atoms with Crippen LogP contribution in [0.3, 0.4) is 0 Å². The standard InChI is InChI=1S/C21H22ClNO5S/c1-12(2)28-9-8-23-18(16-5-4-10-29-16)17(20(25)21(23)26)19(24)13-6-7-15(27-3)14(22)11-13/h4-7,10-12,18,24H,8-9H2,1-3H3/b19-17-. The molecule has 8 heteroatoms. The summed E-state index contributed by atoms with van der Waals surface area (Å²) in [5, 5.41) is 13.1. The Morgan fingerprint density at radius 1 is 1.31 bits per heavy atom. The van der Waals surface area contributed by atoms with Gasteiger partial charge in [-0.3, -0.25) is 9.59 Å². The van der Waals surface area contributed by atoms with Gasteiger partial charge in [0.25, 0.3) is 11.7 Å². The second-order valence-electron chi connectivity index (χ2n) is 6.78. The zero-order valence-corrected chi connectivity index (χ0v) is 17.9. The van der Waals surface area contributed by atoms with E-state index in [0.29, 0.717) is 22.9 Å². The number of hydrogen-bond donors (Lipinski definition) is 1. The highest BCUT2D eigenvalue weighted by molar-refractivity contribution is 7.10. The lowest BCUT2D eigenvalue weighted by molar-refractivity contribution is -0.140. The normalized spacial score (nSPS) is 18.7. The van der Waals surface area contributed by atoms with Crippen LogP contribution in [0.5, 0.6) is 5.75 Å². The molecule has 0 spiro atoms. The summed E-state index contributed by atoms with van der Waals surface area (Å²) in [6.45, 7) is 4.34. The van der Waals surface area contributed by atoms with Gasteiger partial charge in [-0.2, -0.15) is 0 Å². The molecule has 3 rings (SSSR count). The van der Waals surface area contributed by atoms with Crippen LogP contribution in [0.25, 0.3) is 5.76 Å². The molecule has 1 atom stereocenters. The van der Waals surface area contributed by atoms with Crippen LogP contribution in [0.2, 0.25) is 5.02 Å². The lowest BCUT2D eigenvalue weighted by Crippen LogP contribution is -2.33. The van der Waals surface area contributed by atoms with Gasteiger partial charge in [0.1, 0.15) is 11.5 Å². The summed E-state index contributed by atoms with van der Waals surface area (Å²) in [5.41, 5.74) is 0.386. The highest BCUT2D eigenvalue weighted by atomic mass is 35.5. The van der Waals surface area contributed by atoms with Crippen molar-refractivity contribution in [2.24, 2.45) is 0 Å². The third-order valence-electron chi connectivity index (χ3n) is 4.56. The fourth-order valence-corrected chi connectivity index (χ4v) is 4.31. The van der Waals surface area contributed by atoms with E-state index in [0.717, 1.165) is 4.88 Å². The number of rotatable bonds is 7. The average molecular weight is 436 g/mol. The maximum atomic E-state index is 12.8. The van der Waals surface area contributed by atoms with Crippen molar-refractivity contribution in [3.63, 3.8) is 0 Å². The summed E-state index contributed by atoms with van der Waals surface area (Å²) in [6.07, 6.45) is 0.00782. The Hall–Kier alpha value is -2.35. The maximum Gasteiger partial charge on any atom is 0.295 e. The van der Waals surface area contributed by atoms with Crippen LogP contribution in [0.1, 0.15) is 30.3 Å². The molecule has 1 amide bonds. The number of aliphatic hydroxyl groups is 1. The number of carbonyl (C=O) groups is 2. The molecule has 2 heterocycles. The average Bonchev–Trinajstić information content (AvgIpc) is 3.29. The Kier molecular flexibility index (Phi) is 6.62. The molecule has 1 saturated heterocycles. The molecule has 2 aromatic rings. The SMILES string of the molecule is COc1ccc(/C(O)=C2/C(=O)C(=O)N(CCOC(C)C)C2c2cccs2)cc1Cl. The highest BCUT2D eigenvalue weighted by Gasteiger charge is 2.46. The number of Topliss-reactive ketones (excluding diaryl/α,β-unsaturated/α-hetero) is 1. The van der Waals surface area contributed by atoms with Gasteiger partial charge in [-0.15, -0.1) is 11.3 Å². The highest BCUT2D eigenvalue weighted by Crippen LogP contribution is 2.41. The Balaban J connectivity index is 2.05. The summed E-state index contributed by atoms with van der Waals surface area (Å²) in [6, 6.07) is 7.72. The quantitative estimate of drug-likeness (QED) is 0.399. The number of methoxy groups -OCH3 is 1. The molecule has 1 aliphatic heterocycles. The lowest BCUT2D eigenvalue weighted by atomic mass is 10.00. The van der Waals surface area contributed by atoms with Crippen molar-refractivity contribution in [2.45, 2.75) is 26.0 Å². The Morgan fingerprint density at radius 3 is 2.66 bits per heavy atom. The number of hydrogen-bond acceptors (Lipinski definition) is 6. The summed E-state index contributed by atoms with van der Waals surface area (Å²) >= 11 is 7.59. The monoisotopic (exact) mass is 435 g/mol. The first-order valence-electron chi connectivity index (χ1n) is 9.12. The number of amides is 1. The Bertz CT molecular complexity index is 939. The van der Waals surface area contributed by atoms with Crippen LogP contribution in [-0.2, 0) is 14.3 Å². The van der Waals surface area contributed by atoms with Gasteiger partial charge < -0.3 is 19.5 Å². The molecule has 0 bridgehead atoms. The van der Waals surface area contributed by atoms with E-state index in [-0.39, 0.29) is 24.0 Å². The van der Waals surface area contributed by atoms with Crippen molar-refractivity contribution < 1.29 is 24.2 Å². The van der Waals surface area contributed by atoms with Gasteiger partial charge in [-0.05, 0) is 43.5 Å². The van der Waals surface area contributed by atoms with Gasteiger partial charge >= 0.3 is 0 Å². The van der Waals surface area contributed by atoms with Crippen molar-refractivity contribution in [2.75, 3.05) is 20.3 Å². The number of aliphatic hydroxyl groups excluding tert-OH is 1. The summed E-state index contributed by atoms with van der Waals surface area (Å²) in [4.78, 5) is 27.8. The molecular weight excluding hydrogens is 414 g/mol. The van der Waals surface area contributed by atoms with Gasteiger partial charge in [0.05, 0.1) is 36.5 Å². The van der Waals surface area contributed by atoms with Gasteiger partial charge in [0, 0.05) is 17.0 Å². The van der Waals surface area contributed by atoms with E-state index in [2.05, 4.69) is 0 Å². The predicted molar refractivity (Wildman–Crippen MR) is 112 cm³/mol. The molecule has 0 saturated carbocycles. The molecule has 154 valence electrons. The molecule has 29 heavy (non-hydrogen) atoms. The van der Waals surface area contributed by atoms with Gasteiger partial charge in [-0.1, -0.05) is 17.7 Å². The minimum absolute atomic E-state index is 0.00782. The van der Waals surface area contributed by atoms with Gasteiger partial charge in [0.2, 0.25) is 0 Å². The van der Waals surface area contributed by atoms with Crippen LogP contribution in [-0.4, -0.2) is 48.1 Å². The number of nitrogens with zero attached hydrogens (tertiary/aromatic N) is 1. The second kappa shape index (κ2) is 8.98. The number of ether oxygens (including phenoxy) is 2. The number of ketones is 1. The number of halogens is 1. The van der Waals surface area contributed by atoms with Crippen LogP contribution in [0.4, 0.5) is 0 Å². The van der Waals surface area contributed by atoms with Gasteiger partial charge in [-0.25, -0.2) is 0 Å². The van der Waals surface area contributed by atoms with E-state index in [1.54, 1.807) is 12.1 Å². The van der Waals surface area contributed by atoms with Crippen LogP contribution < -0.4 is 4.74 Å². The van der Waals surface area contributed by atoms with Crippen LogP contribution in [0, 0.1) is 0 Å². The van der Waals surface area contributed by atoms with Crippen molar-refractivity contribution in [3.8, 4) is 5.75 Å².